The second-order valence-corrected chi connectivity index (χ2v) is 5.66. The van der Waals surface area contributed by atoms with Gasteiger partial charge in [-0.3, -0.25) is 4.90 Å². The van der Waals surface area contributed by atoms with Crippen LogP contribution in [0.5, 0.6) is 0 Å². The number of aliphatic hydroxyl groups excluding tert-OH is 1. The maximum Gasteiger partial charge on any atom is 0.0900 e. The number of hydrogen-bond acceptors (Lipinski definition) is 3. The second kappa shape index (κ2) is 8.06. The van der Waals surface area contributed by atoms with Crippen molar-refractivity contribution in [1.29, 1.82) is 0 Å². The first kappa shape index (κ1) is 14.9. The van der Waals surface area contributed by atoms with E-state index >= 15 is 0 Å². The molecule has 0 heterocycles. The zero-order valence-electron chi connectivity index (χ0n) is 11.7. The Morgan fingerprint density at radius 3 is 2.53 bits per heavy atom. The van der Waals surface area contributed by atoms with Crippen molar-refractivity contribution in [1.82, 2.24) is 4.90 Å². The highest BCUT2D eigenvalue weighted by molar-refractivity contribution is 4.86. The predicted molar refractivity (Wildman–Crippen MR) is 71.2 cm³/mol. The van der Waals surface area contributed by atoms with Gasteiger partial charge in [0.05, 0.1) is 12.7 Å². The van der Waals surface area contributed by atoms with Crippen LogP contribution in [-0.4, -0.2) is 48.5 Å². The number of ether oxygens (including phenoxy) is 1. The number of aliphatic hydroxyl groups is 1. The molecule has 0 radical (unpaired) electrons. The molecule has 1 aliphatic rings. The molecule has 17 heavy (non-hydrogen) atoms. The quantitative estimate of drug-likeness (QED) is 0.598. The molecule has 0 spiro atoms. The number of nitrogens with zero attached hydrogens (tertiary/aromatic N) is 1. The zero-order valence-corrected chi connectivity index (χ0v) is 11.7. The summed E-state index contributed by atoms with van der Waals surface area (Å²) in [7, 11) is 0. The van der Waals surface area contributed by atoms with E-state index in [1.54, 1.807) is 0 Å². The lowest BCUT2D eigenvalue weighted by Gasteiger charge is -2.26. The molecule has 1 N–H and O–H groups in total. The van der Waals surface area contributed by atoms with Gasteiger partial charge in [-0.1, -0.05) is 27.2 Å². The van der Waals surface area contributed by atoms with Gasteiger partial charge in [0.2, 0.25) is 0 Å². The molecule has 0 aromatic heterocycles. The smallest absolute Gasteiger partial charge is 0.0900 e. The summed E-state index contributed by atoms with van der Waals surface area (Å²) in [5.41, 5.74) is 0. The van der Waals surface area contributed by atoms with Gasteiger partial charge < -0.3 is 9.84 Å². The molecular weight excluding hydrogens is 214 g/mol. The molecule has 3 nitrogen and oxygen atoms in total. The van der Waals surface area contributed by atoms with E-state index < -0.39 is 0 Å². The molecule has 0 aliphatic heterocycles. The van der Waals surface area contributed by atoms with Gasteiger partial charge in [-0.2, -0.15) is 0 Å². The number of hydrogen-bond donors (Lipinski definition) is 1. The van der Waals surface area contributed by atoms with Crippen LogP contribution in [0.15, 0.2) is 0 Å². The SMILES string of the molecule is CCCCOCC(O)CN(CC(C)C)C1CC1. The monoisotopic (exact) mass is 243 g/mol. The Morgan fingerprint density at radius 1 is 1.29 bits per heavy atom. The van der Waals surface area contributed by atoms with E-state index in [0.29, 0.717) is 12.5 Å². The fraction of sp³-hybridized carbons (Fsp3) is 1.00. The van der Waals surface area contributed by atoms with E-state index in [1.165, 1.54) is 12.8 Å². The Bertz CT molecular complexity index is 193. The van der Waals surface area contributed by atoms with Gasteiger partial charge in [0.1, 0.15) is 0 Å². The van der Waals surface area contributed by atoms with Crippen LogP contribution in [0.3, 0.4) is 0 Å². The van der Waals surface area contributed by atoms with E-state index in [0.717, 1.165) is 38.6 Å². The average molecular weight is 243 g/mol. The largest absolute Gasteiger partial charge is 0.389 e. The van der Waals surface area contributed by atoms with Crippen LogP contribution in [0.1, 0.15) is 46.5 Å². The second-order valence-electron chi connectivity index (χ2n) is 5.66. The lowest BCUT2D eigenvalue weighted by Crippen LogP contribution is -2.38. The Hall–Kier alpha value is -0.120. The molecule has 0 aromatic carbocycles. The molecule has 0 bridgehead atoms. The third-order valence-electron chi connectivity index (χ3n) is 3.06. The maximum atomic E-state index is 9.94. The van der Waals surface area contributed by atoms with Gasteiger partial charge in [-0.05, 0) is 25.2 Å². The van der Waals surface area contributed by atoms with Crippen LogP contribution in [0.4, 0.5) is 0 Å². The van der Waals surface area contributed by atoms with Gasteiger partial charge in [0.25, 0.3) is 0 Å². The number of unbranched alkanes of at least 4 members (excludes halogenated alkanes) is 1. The Morgan fingerprint density at radius 2 is 2.00 bits per heavy atom. The molecule has 1 saturated carbocycles. The summed E-state index contributed by atoms with van der Waals surface area (Å²) in [6.07, 6.45) is 4.51. The van der Waals surface area contributed by atoms with E-state index in [2.05, 4.69) is 25.7 Å². The van der Waals surface area contributed by atoms with Crippen molar-refractivity contribution in [3.8, 4) is 0 Å². The maximum absolute atomic E-state index is 9.94. The highest BCUT2D eigenvalue weighted by Gasteiger charge is 2.30. The lowest BCUT2D eigenvalue weighted by molar-refractivity contribution is 0.0124. The van der Waals surface area contributed by atoms with Gasteiger partial charge in [0, 0.05) is 25.7 Å². The van der Waals surface area contributed by atoms with E-state index in [-0.39, 0.29) is 6.10 Å². The van der Waals surface area contributed by atoms with E-state index in [9.17, 15) is 5.11 Å². The van der Waals surface area contributed by atoms with Crippen molar-refractivity contribution in [2.45, 2.75) is 58.6 Å². The summed E-state index contributed by atoms with van der Waals surface area (Å²) < 4.78 is 5.47. The molecule has 0 aromatic rings. The molecule has 0 saturated heterocycles. The summed E-state index contributed by atoms with van der Waals surface area (Å²) in [6.45, 7) is 9.75. The molecule has 1 aliphatic carbocycles. The van der Waals surface area contributed by atoms with Crippen LogP contribution >= 0.6 is 0 Å². The van der Waals surface area contributed by atoms with Crippen molar-refractivity contribution in [2.24, 2.45) is 5.92 Å². The molecule has 1 unspecified atom stereocenters. The molecule has 1 rings (SSSR count). The molecule has 0 amide bonds. The first-order valence-corrected chi connectivity index (χ1v) is 7.13. The highest BCUT2D eigenvalue weighted by Crippen LogP contribution is 2.27. The van der Waals surface area contributed by atoms with Crippen LogP contribution in [0.2, 0.25) is 0 Å². The summed E-state index contributed by atoms with van der Waals surface area (Å²) in [6, 6.07) is 0.725. The van der Waals surface area contributed by atoms with Crippen molar-refractivity contribution in [2.75, 3.05) is 26.3 Å². The summed E-state index contributed by atoms with van der Waals surface area (Å²) in [4.78, 5) is 2.43. The minimum atomic E-state index is -0.328. The molecule has 1 fully saturated rings. The van der Waals surface area contributed by atoms with E-state index in [1.807, 2.05) is 0 Å². The fourth-order valence-electron chi connectivity index (χ4n) is 2.07. The van der Waals surface area contributed by atoms with Crippen molar-refractivity contribution in [3.05, 3.63) is 0 Å². The van der Waals surface area contributed by atoms with Crippen LogP contribution in [0, 0.1) is 5.92 Å². The van der Waals surface area contributed by atoms with Crippen molar-refractivity contribution >= 4 is 0 Å². The molecule has 102 valence electrons. The van der Waals surface area contributed by atoms with Gasteiger partial charge >= 0.3 is 0 Å². The predicted octanol–water partition coefficient (Wildman–Crippen LogP) is 2.28. The molecule has 1 atom stereocenters. The number of rotatable bonds is 10. The normalized spacial score (nSPS) is 18.0. The first-order valence-electron chi connectivity index (χ1n) is 7.13. The van der Waals surface area contributed by atoms with Crippen LogP contribution in [-0.2, 0) is 4.74 Å². The minimum Gasteiger partial charge on any atom is -0.389 e. The average Bonchev–Trinajstić information content (AvgIpc) is 3.06. The van der Waals surface area contributed by atoms with Crippen molar-refractivity contribution in [3.63, 3.8) is 0 Å². The van der Waals surface area contributed by atoms with Crippen LogP contribution < -0.4 is 0 Å². The third-order valence-corrected chi connectivity index (χ3v) is 3.06. The topological polar surface area (TPSA) is 32.7 Å². The fourth-order valence-corrected chi connectivity index (χ4v) is 2.07. The Labute approximate surface area is 106 Å². The Kier molecular flexibility index (Phi) is 7.09. The molecular formula is C14H29NO2. The summed E-state index contributed by atoms with van der Waals surface area (Å²) in [5, 5.41) is 9.94. The minimum absolute atomic E-state index is 0.328. The van der Waals surface area contributed by atoms with Gasteiger partial charge in [-0.15, -0.1) is 0 Å². The molecule has 3 heteroatoms. The van der Waals surface area contributed by atoms with Gasteiger partial charge in [0.15, 0.2) is 0 Å². The zero-order chi connectivity index (χ0) is 12.7. The first-order chi connectivity index (χ1) is 8.13. The van der Waals surface area contributed by atoms with Gasteiger partial charge in [-0.25, -0.2) is 0 Å². The third kappa shape index (κ3) is 7.02. The standard InChI is InChI=1S/C14H29NO2/c1-4-5-8-17-11-14(16)10-15(9-12(2)3)13-6-7-13/h12-14,16H,4-11H2,1-3H3. The van der Waals surface area contributed by atoms with E-state index in [4.69, 9.17) is 4.74 Å². The van der Waals surface area contributed by atoms with Crippen molar-refractivity contribution < 1.29 is 9.84 Å². The Balaban J connectivity index is 2.14. The summed E-state index contributed by atoms with van der Waals surface area (Å²) >= 11 is 0. The summed E-state index contributed by atoms with van der Waals surface area (Å²) in [5.74, 6) is 0.670. The lowest BCUT2D eigenvalue weighted by atomic mass is 10.2. The van der Waals surface area contributed by atoms with Crippen LogP contribution in [0.25, 0.3) is 0 Å². The highest BCUT2D eigenvalue weighted by atomic mass is 16.5.